The lowest BCUT2D eigenvalue weighted by Crippen LogP contribution is -2.22. The van der Waals surface area contributed by atoms with Gasteiger partial charge in [-0.05, 0) is 41.9 Å². The van der Waals surface area contributed by atoms with Crippen molar-refractivity contribution < 1.29 is 4.74 Å². The van der Waals surface area contributed by atoms with E-state index in [0.717, 1.165) is 19.7 Å². The molecule has 0 saturated heterocycles. The molecule has 0 N–H and O–H groups in total. The zero-order chi connectivity index (χ0) is 15.9. The van der Waals surface area contributed by atoms with Crippen molar-refractivity contribution in [3.05, 3.63) is 54.1 Å². The van der Waals surface area contributed by atoms with E-state index < -0.39 is 0 Å². The van der Waals surface area contributed by atoms with Crippen molar-refractivity contribution in [1.29, 1.82) is 0 Å². The van der Waals surface area contributed by atoms with Gasteiger partial charge in [-0.2, -0.15) is 0 Å². The van der Waals surface area contributed by atoms with E-state index in [1.165, 1.54) is 22.4 Å². The highest BCUT2D eigenvalue weighted by Crippen LogP contribution is 2.25. The van der Waals surface area contributed by atoms with E-state index in [-0.39, 0.29) is 0 Å². The van der Waals surface area contributed by atoms with Crippen LogP contribution in [0.15, 0.2) is 48.5 Å². The summed E-state index contributed by atoms with van der Waals surface area (Å²) in [6.45, 7) is 2.64. The van der Waals surface area contributed by atoms with Crippen LogP contribution in [0.4, 0.5) is 5.69 Å². The van der Waals surface area contributed by atoms with Crippen molar-refractivity contribution in [1.82, 2.24) is 4.90 Å². The Morgan fingerprint density at radius 3 is 2.27 bits per heavy atom. The van der Waals surface area contributed by atoms with E-state index in [0.29, 0.717) is 0 Å². The Hall–Kier alpha value is -1.84. The van der Waals surface area contributed by atoms with Gasteiger partial charge in [-0.3, -0.25) is 4.90 Å². The molecule has 2 rings (SSSR count). The molecule has 0 radical (unpaired) electrons. The van der Waals surface area contributed by atoms with Gasteiger partial charge in [-0.15, -0.1) is 0 Å². The normalized spacial score (nSPS) is 11.0. The third kappa shape index (κ3) is 4.58. The summed E-state index contributed by atoms with van der Waals surface area (Å²) < 4.78 is 5.13. The van der Waals surface area contributed by atoms with Crippen LogP contribution in [0, 0.1) is 0 Å². The molecule has 3 heteroatoms. The van der Waals surface area contributed by atoms with Crippen LogP contribution in [0.25, 0.3) is 11.1 Å². The number of likely N-dealkylation sites (N-methyl/N-ethyl adjacent to an activating group) is 1. The monoisotopic (exact) mass is 298 g/mol. The van der Waals surface area contributed by atoms with Crippen molar-refractivity contribution in [2.75, 3.05) is 46.3 Å². The van der Waals surface area contributed by atoms with Gasteiger partial charge in [0.15, 0.2) is 0 Å². The number of benzene rings is 2. The maximum Gasteiger partial charge on any atom is 0.0589 e. The number of anilines is 1. The van der Waals surface area contributed by atoms with Crippen molar-refractivity contribution >= 4 is 5.69 Å². The first-order valence-electron chi connectivity index (χ1n) is 7.64. The molecule has 22 heavy (non-hydrogen) atoms. The van der Waals surface area contributed by atoms with Gasteiger partial charge in [-0.1, -0.05) is 30.3 Å². The number of methoxy groups -OCH3 is 1. The molecule has 0 saturated carbocycles. The van der Waals surface area contributed by atoms with Gasteiger partial charge in [0.05, 0.1) is 6.61 Å². The number of nitrogens with zero attached hydrogens (tertiary/aromatic N) is 2. The Morgan fingerprint density at radius 2 is 1.59 bits per heavy atom. The maximum absolute atomic E-state index is 5.13. The van der Waals surface area contributed by atoms with Gasteiger partial charge in [0.1, 0.15) is 0 Å². The second-order valence-corrected chi connectivity index (χ2v) is 5.88. The molecule has 0 spiro atoms. The minimum absolute atomic E-state index is 0.765. The van der Waals surface area contributed by atoms with Crippen molar-refractivity contribution in [2.45, 2.75) is 6.54 Å². The average Bonchev–Trinajstić information content (AvgIpc) is 2.53. The fourth-order valence-corrected chi connectivity index (χ4v) is 2.45. The van der Waals surface area contributed by atoms with Crippen LogP contribution in [0.3, 0.4) is 0 Å². The fourth-order valence-electron chi connectivity index (χ4n) is 2.45. The van der Waals surface area contributed by atoms with Crippen molar-refractivity contribution in [3.63, 3.8) is 0 Å². The van der Waals surface area contributed by atoms with Crippen LogP contribution < -0.4 is 4.90 Å². The number of hydrogen-bond donors (Lipinski definition) is 0. The fraction of sp³-hybridized carbons (Fsp3) is 0.368. The van der Waals surface area contributed by atoms with Crippen LogP contribution in [0.2, 0.25) is 0 Å². The Morgan fingerprint density at radius 1 is 0.909 bits per heavy atom. The molecule has 0 aliphatic carbocycles. The lowest BCUT2D eigenvalue weighted by Gasteiger charge is -2.17. The average molecular weight is 298 g/mol. The topological polar surface area (TPSA) is 15.7 Å². The maximum atomic E-state index is 5.13. The Balaban J connectivity index is 2.16. The Labute approximate surface area is 134 Å². The van der Waals surface area contributed by atoms with Gasteiger partial charge in [0, 0.05) is 40.0 Å². The summed E-state index contributed by atoms with van der Waals surface area (Å²) in [5.41, 5.74) is 5.07. The van der Waals surface area contributed by atoms with Crippen LogP contribution in [0.5, 0.6) is 0 Å². The van der Waals surface area contributed by atoms with Crippen molar-refractivity contribution in [3.8, 4) is 11.1 Å². The van der Waals surface area contributed by atoms with Crippen LogP contribution in [-0.2, 0) is 11.3 Å². The Bertz CT molecular complexity index is 595. The summed E-state index contributed by atoms with van der Waals surface area (Å²) in [7, 11) is 8.01. The summed E-state index contributed by atoms with van der Waals surface area (Å²) >= 11 is 0. The number of hydrogen-bond acceptors (Lipinski definition) is 3. The van der Waals surface area contributed by atoms with E-state index >= 15 is 0 Å². The molecule has 0 fully saturated rings. The van der Waals surface area contributed by atoms with Gasteiger partial charge < -0.3 is 9.64 Å². The SMILES string of the molecule is COCCN(C)Cc1cccc(-c2cccc(N(C)C)c2)c1. The van der Waals surface area contributed by atoms with Gasteiger partial charge in [-0.25, -0.2) is 0 Å². The first-order chi connectivity index (χ1) is 10.6. The second kappa shape index (κ2) is 7.97. The van der Waals surface area contributed by atoms with E-state index in [1.54, 1.807) is 7.11 Å². The third-order valence-corrected chi connectivity index (χ3v) is 3.75. The minimum Gasteiger partial charge on any atom is -0.383 e. The largest absolute Gasteiger partial charge is 0.383 e. The molecule has 0 atom stereocenters. The van der Waals surface area contributed by atoms with E-state index in [9.17, 15) is 0 Å². The molecular weight excluding hydrogens is 272 g/mol. The highest BCUT2D eigenvalue weighted by Gasteiger charge is 2.04. The van der Waals surface area contributed by atoms with Crippen LogP contribution in [-0.4, -0.2) is 46.3 Å². The van der Waals surface area contributed by atoms with Crippen LogP contribution in [0.1, 0.15) is 5.56 Å². The van der Waals surface area contributed by atoms with Gasteiger partial charge >= 0.3 is 0 Å². The molecule has 0 unspecified atom stereocenters. The quantitative estimate of drug-likeness (QED) is 0.778. The summed E-state index contributed by atoms with van der Waals surface area (Å²) in [6, 6.07) is 17.4. The molecule has 2 aromatic carbocycles. The van der Waals surface area contributed by atoms with Gasteiger partial charge in [0.2, 0.25) is 0 Å². The smallest absolute Gasteiger partial charge is 0.0589 e. The van der Waals surface area contributed by atoms with Crippen molar-refractivity contribution in [2.24, 2.45) is 0 Å². The lowest BCUT2D eigenvalue weighted by molar-refractivity contribution is 0.158. The minimum atomic E-state index is 0.765. The lowest BCUT2D eigenvalue weighted by atomic mass is 10.0. The standard InChI is InChI=1S/C19H26N2O/c1-20(2)19-10-6-9-18(14-19)17-8-5-7-16(13-17)15-21(3)11-12-22-4/h5-10,13-14H,11-12,15H2,1-4H3. The summed E-state index contributed by atoms with van der Waals surface area (Å²) in [5.74, 6) is 0. The number of rotatable bonds is 7. The highest BCUT2D eigenvalue weighted by atomic mass is 16.5. The summed E-state index contributed by atoms with van der Waals surface area (Å²) in [6.07, 6.45) is 0. The van der Waals surface area contributed by atoms with E-state index in [1.807, 2.05) is 0 Å². The van der Waals surface area contributed by atoms with Gasteiger partial charge in [0.25, 0.3) is 0 Å². The second-order valence-electron chi connectivity index (χ2n) is 5.88. The predicted octanol–water partition coefficient (Wildman–Crippen LogP) is 3.50. The zero-order valence-electron chi connectivity index (χ0n) is 14.0. The molecule has 0 aromatic heterocycles. The highest BCUT2D eigenvalue weighted by molar-refractivity contribution is 5.68. The summed E-state index contributed by atoms with van der Waals surface area (Å²) in [4.78, 5) is 4.41. The molecule has 0 heterocycles. The molecular formula is C19H26N2O. The molecule has 118 valence electrons. The molecule has 3 nitrogen and oxygen atoms in total. The van der Waals surface area contributed by atoms with E-state index in [2.05, 4.69) is 79.5 Å². The molecule has 0 aliphatic rings. The molecule has 0 amide bonds. The Kier molecular flexibility index (Phi) is 5.99. The first kappa shape index (κ1) is 16.5. The molecule has 0 bridgehead atoms. The predicted molar refractivity (Wildman–Crippen MR) is 94.4 cm³/mol. The molecule has 0 aliphatic heterocycles. The van der Waals surface area contributed by atoms with Crippen LogP contribution >= 0.6 is 0 Å². The van der Waals surface area contributed by atoms with E-state index in [4.69, 9.17) is 4.74 Å². The summed E-state index contributed by atoms with van der Waals surface area (Å²) in [5, 5.41) is 0. The first-order valence-corrected chi connectivity index (χ1v) is 7.64. The number of ether oxygens (including phenoxy) is 1. The molecule has 2 aromatic rings. The third-order valence-electron chi connectivity index (χ3n) is 3.75. The zero-order valence-corrected chi connectivity index (χ0v) is 14.0.